The number of amides is 1. The highest BCUT2D eigenvalue weighted by atomic mass is 16.1. The Bertz CT molecular complexity index is 284. The van der Waals surface area contributed by atoms with E-state index in [-0.39, 0.29) is 5.91 Å². The Labute approximate surface area is 84.6 Å². The van der Waals surface area contributed by atoms with E-state index in [0.717, 1.165) is 19.4 Å². The average Bonchev–Trinajstić information content (AvgIpc) is 2.71. The maximum absolute atomic E-state index is 10.1. The number of nitrogens with one attached hydrogen (secondary N) is 1. The zero-order valence-electron chi connectivity index (χ0n) is 8.20. The lowest BCUT2D eigenvalue weighted by atomic mass is 10.2. The van der Waals surface area contributed by atoms with Gasteiger partial charge in [-0.2, -0.15) is 0 Å². The van der Waals surface area contributed by atoms with Gasteiger partial charge in [0.2, 0.25) is 5.91 Å². The van der Waals surface area contributed by atoms with Crippen LogP contribution < -0.4 is 5.32 Å². The minimum Gasteiger partial charge on any atom is -0.356 e. The Kier molecular flexibility index (Phi) is 4.48. The summed E-state index contributed by atoms with van der Waals surface area (Å²) in [4.78, 5) is 10.1. The fraction of sp³-hybridized carbons (Fsp3) is 0.250. The molecule has 2 nitrogen and oxygen atoms in total. The van der Waals surface area contributed by atoms with E-state index in [1.54, 1.807) is 0 Å². The first-order chi connectivity index (χ1) is 6.83. The molecule has 0 aliphatic carbocycles. The molecule has 0 spiro atoms. The van der Waals surface area contributed by atoms with Crippen molar-refractivity contribution in [3.63, 3.8) is 0 Å². The Hall–Kier alpha value is -1.57. The van der Waals surface area contributed by atoms with Crippen molar-refractivity contribution >= 4 is 12.0 Å². The van der Waals surface area contributed by atoms with Crippen LogP contribution in [-0.2, 0) is 4.79 Å². The van der Waals surface area contributed by atoms with Crippen molar-refractivity contribution < 1.29 is 4.79 Å². The maximum atomic E-state index is 10.1. The lowest BCUT2D eigenvalue weighted by Gasteiger charge is -1.85. The molecule has 1 fully saturated rings. The van der Waals surface area contributed by atoms with Crippen LogP contribution in [0.15, 0.2) is 36.9 Å². The Morgan fingerprint density at radius 2 is 2.00 bits per heavy atom. The molecule has 2 rings (SSSR count). The number of hydrogen-bond donors (Lipinski definition) is 1. The third-order valence-corrected chi connectivity index (χ3v) is 1.94. The van der Waals surface area contributed by atoms with Gasteiger partial charge in [-0.25, -0.2) is 0 Å². The summed E-state index contributed by atoms with van der Waals surface area (Å²) >= 11 is 0. The van der Waals surface area contributed by atoms with Crippen molar-refractivity contribution in [2.75, 3.05) is 6.54 Å². The SMILES string of the molecule is C=Cc1ccccc1.O=C1CCCN1. The molecule has 14 heavy (non-hydrogen) atoms. The van der Waals surface area contributed by atoms with Crippen molar-refractivity contribution in [2.24, 2.45) is 0 Å². The highest BCUT2D eigenvalue weighted by Crippen LogP contribution is 1.97. The van der Waals surface area contributed by atoms with Gasteiger partial charge in [0.05, 0.1) is 0 Å². The molecule has 0 atom stereocenters. The smallest absolute Gasteiger partial charge is 0.220 e. The fourth-order valence-corrected chi connectivity index (χ4v) is 1.15. The zero-order chi connectivity index (χ0) is 10.2. The summed E-state index contributed by atoms with van der Waals surface area (Å²) in [7, 11) is 0. The second-order valence-corrected chi connectivity index (χ2v) is 3.07. The summed E-state index contributed by atoms with van der Waals surface area (Å²) in [6.07, 6.45) is 3.60. The summed E-state index contributed by atoms with van der Waals surface area (Å²) < 4.78 is 0. The Morgan fingerprint density at radius 1 is 1.29 bits per heavy atom. The summed E-state index contributed by atoms with van der Waals surface area (Å²) in [5.41, 5.74) is 1.17. The van der Waals surface area contributed by atoms with Gasteiger partial charge in [-0.1, -0.05) is 43.0 Å². The molecular weight excluding hydrogens is 174 g/mol. The molecule has 1 heterocycles. The van der Waals surface area contributed by atoms with Crippen LogP contribution in [0.4, 0.5) is 0 Å². The van der Waals surface area contributed by atoms with Crippen LogP contribution in [0.25, 0.3) is 6.08 Å². The predicted octanol–water partition coefficient (Wildman–Crippen LogP) is 2.23. The molecule has 1 amide bonds. The van der Waals surface area contributed by atoms with Gasteiger partial charge in [-0.05, 0) is 12.0 Å². The largest absolute Gasteiger partial charge is 0.356 e. The van der Waals surface area contributed by atoms with Crippen LogP contribution >= 0.6 is 0 Å². The normalized spacial score (nSPS) is 13.9. The summed E-state index contributed by atoms with van der Waals surface area (Å²) in [5.74, 6) is 0.204. The fourth-order valence-electron chi connectivity index (χ4n) is 1.15. The molecule has 1 aromatic carbocycles. The van der Waals surface area contributed by atoms with Crippen LogP contribution in [0.1, 0.15) is 18.4 Å². The first-order valence-corrected chi connectivity index (χ1v) is 4.77. The zero-order valence-corrected chi connectivity index (χ0v) is 8.20. The van der Waals surface area contributed by atoms with Crippen LogP contribution in [-0.4, -0.2) is 12.5 Å². The van der Waals surface area contributed by atoms with E-state index >= 15 is 0 Å². The van der Waals surface area contributed by atoms with Gasteiger partial charge in [0, 0.05) is 13.0 Å². The quantitative estimate of drug-likeness (QED) is 0.721. The van der Waals surface area contributed by atoms with Gasteiger partial charge >= 0.3 is 0 Å². The van der Waals surface area contributed by atoms with Crippen LogP contribution in [0, 0.1) is 0 Å². The molecule has 74 valence electrons. The number of carbonyl (C=O) groups is 1. The number of carbonyl (C=O) groups excluding carboxylic acids is 1. The molecule has 1 aliphatic heterocycles. The highest BCUT2D eigenvalue weighted by molar-refractivity contribution is 5.77. The summed E-state index contributed by atoms with van der Waals surface area (Å²) in [6.45, 7) is 4.52. The molecule has 0 bridgehead atoms. The van der Waals surface area contributed by atoms with Gasteiger partial charge in [0.15, 0.2) is 0 Å². The van der Waals surface area contributed by atoms with E-state index in [1.807, 2.05) is 36.4 Å². The van der Waals surface area contributed by atoms with Crippen molar-refractivity contribution in [2.45, 2.75) is 12.8 Å². The van der Waals surface area contributed by atoms with E-state index in [2.05, 4.69) is 11.9 Å². The minimum absolute atomic E-state index is 0.204. The molecule has 0 unspecified atom stereocenters. The van der Waals surface area contributed by atoms with Crippen molar-refractivity contribution in [1.82, 2.24) is 5.32 Å². The molecule has 1 aliphatic rings. The standard InChI is InChI=1S/C8H8.C4H7NO/c1-2-8-6-4-3-5-7-8;6-4-2-1-3-5-4/h2-7H,1H2;1-3H2,(H,5,6). The first-order valence-electron chi connectivity index (χ1n) is 4.77. The second kappa shape index (κ2) is 5.97. The molecule has 1 saturated heterocycles. The Morgan fingerprint density at radius 3 is 2.29 bits per heavy atom. The lowest BCUT2D eigenvalue weighted by molar-refractivity contribution is -0.119. The van der Waals surface area contributed by atoms with E-state index in [9.17, 15) is 4.79 Å². The number of rotatable bonds is 1. The molecule has 2 heteroatoms. The molecule has 0 saturated carbocycles. The second-order valence-electron chi connectivity index (χ2n) is 3.07. The molecule has 1 N–H and O–H groups in total. The van der Waals surface area contributed by atoms with Crippen molar-refractivity contribution in [1.29, 1.82) is 0 Å². The topological polar surface area (TPSA) is 29.1 Å². The molecule has 0 radical (unpaired) electrons. The van der Waals surface area contributed by atoms with Gasteiger partial charge in [-0.3, -0.25) is 4.79 Å². The maximum Gasteiger partial charge on any atom is 0.220 e. The first kappa shape index (κ1) is 10.5. The number of hydrogen-bond acceptors (Lipinski definition) is 1. The summed E-state index contributed by atoms with van der Waals surface area (Å²) in [5, 5.41) is 2.68. The van der Waals surface area contributed by atoms with Gasteiger partial charge in [-0.15, -0.1) is 0 Å². The van der Waals surface area contributed by atoms with Crippen LogP contribution in [0.3, 0.4) is 0 Å². The lowest BCUT2D eigenvalue weighted by Crippen LogP contribution is -2.12. The average molecular weight is 189 g/mol. The van der Waals surface area contributed by atoms with Gasteiger partial charge in [0.1, 0.15) is 0 Å². The third-order valence-electron chi connectivity index (χ3n) is 1.94. The van der Waals surface area contributed by atoms with E-state index in [4.69, 9.17) is 0 Å². The minimum atomic E-state index is 0.204. The van der Waals surface area contributed by atoms with E-state index < -0.39 is 0 Å². The van der Waals surface area contributed by atoms with Crippen LogP contribution in [0.5, 0.6) is 0 Å². The monoisotopic (exact) mass is 189 g/mol. The Balaban J connectivity index is 0.000000146. The van der Waals surface area contributed by atoms with E-state index in [1.165, 1.54) is 5.56 Å². The van der Waals surface area contributed by atoms with Gasteiger partial charge in [0.25, 0.3) is 0 Å². The highest BCUT2D eigenvalue weighted by Gasteiger charge is 2.05. The van der Waals surface area contributed by atoms with Gasteiger partial charge < -0.3 is 5.32 Å². The van der Waals surface area contributed by atoms with Crippen molar-refractivity contribution in [3.8, 4) is 0 Å². The summed E-state index contributed by atoms with van der Waals surface area (Å²) in [6, 6.07) is 10.0. The molecule has 1 aromatic rings. The molecule has 0 aromatic heterocycles. The number of benzene rings is 1. The third kappa shape index (κ3) is 3.90. The van der Waals surface area contributed by atoms with Crippen molar-refractivity contribution in [3.05, 3.63) is 42.5 Å². The predicted molar refractivity (Wildman–Crippen MR) is 58.8 cm³/mol. The molecular formula is C12H15NO. The van der Waals surface area contributed by atoms with E-state index in [0.29, 0.717) is 0 Å². The van der Waals surface area contributed by atoms with Crippen LogP contribution in [0.2, 0.25) is 0 Å².